The van der Waals surface area contributed by atoms with Crippen LogP contribution in [0.4, 0.5) is 0 Å². The average molecular weight is 323 g/mol. The second-order valence-corrected chi connectivity index (χ2v) is 6.80. The van der Waals surface area contributed by atoms with Crippen LogP contribution in [0.25, 0.3) is 0 Å². The molecule has 0 unspecified atom stereocenters. The summed E-state index contributed by atoms with van der Waals surface area (Å²) in [5.41, 5.74) is 2.83. The van der Waals surface area contributed by atoms with Gasteiger partial charge in [-0.1, -0.05) is 34.5 Å². The molecule has 1 aromatic rings. The quantitative estimate of drug-likeness (QED) is 0.916. The molecular formula is C16H23BrN2. The number of aryl methyl sites for hydroxylation is 1. The van der Waals surface area contributed by atoms with Crippen LogP contribution in [0.5, 0.6) is 0 Å². The fraction of sp³-hybridized carbons (Fsp3) is 0.625. The second kappa shape index (κ2) is 5.94. The van der Waals surface area contributed by atoms with Gasteiger partial charge in [-0.3, -0.25) is 4.90 Å². The van der Waals surface area contributed by atoms with Crippen LogP contribution in [0.1, 0.15) is 36.4 Å². The molecule has 3 rings (SSSR count). The van der Waals surface area contributed by atoms with E-state index in [-0.39, 0.29) is 0 Å². The number of hydrogen-bond acceptors (Lipinski definition) is 2. The first-order chi connectivity index (χ1) is 9.25. The van der Waals surface area contributed by atoms with Gasteiger partial charge in [0.25, 0.3) is 0 Å². The summed E-state index contributed by atoms with van der Waals surface area (Å²) in [6, 6.07) is 7.48. The number of halogens is 1. The highest BCUT2D eigenvalue weighted by Crippen LogP contribution is 2.43. The minimum absolute atomic E-state index is 0.617. The zero-order chi connectivity index (χ0) is 13.2. The fourth-order valence-corrected chi connectivity index (χ4v) is 4.06. The first-order valence-corrected chi connectivity index (χ1v) is 8.26. The molecule has 2 fully saturated rings. The number of piperazine rings is 1. The van der Waals surface area contributed by atoms with Gasteiger partial charge in [-0.2, -0.15) is 0 Å². The number of nitrogens with one attached hydrogen (secondary N) is 1. The van der Waals surface area contributed by atoms with Crippen molar-refractivity contribution in [1.82, 2.24) is 10.2 Å². The van der Waals surface area contributed by atoms with Crippen LogP contribution in [0.3, 0.4) is 0 Å². The van der Waals surface area contributed by atoms with Gasteiger partial charge in [-0.15, -0.1) is 0 Å². The van der Waals surface area contributed by atoms with Crippen molar-refractivity contribution in [1.29, 1.82) is 0 Å². The highest BCUT2D eigenvalue weighted by Gasteiger charge is 2.34. The minimum atomic E-state index is 0.617. The summed E-state index contributed by atoms with van der Waals surface area (Å²) in [6.07, 6.45) is 4.21. The van der Waals surface area contributed by atoms with E-state index in [1.165, 1.54) is 48.0 Å². The van der Waals surface area contributed by atoms with Gasteiger partial charge < -0.3 is 5.32 Å². The summed E-state index contributed by atoms with van der Waals surface area (Å²) < 4.78 is 1.29. The molecule has 1 aliphatic heterocycles. The zero-order valence-electron chi connectivity index (χ0n) is 11.7. The number of benzene rings is 1. The molecular weight excluding hydrogens is 300 g/mol. The molecule has 1 N–H and O–H groups in total. The van der Waals surface area contributed by atoms with Gasteiger partial charge in [-0.25, -0.2) is 0 Å². The van der Waals surface area contributed by atoms with Crippen molar-refractivity contribution >= 4 is 15.9 Å². The predicted molar refractivity (Wildman–Crippen MR) is 83.4 cm³/mol. The van der Waals surface area contributed by atoms with Crippen molar-refractivity contribution in [3.8, 4) is 0 Å². The topological polar surface area (TPSA) is 15.3 Å². The summed E-state index contributed by atoms with van der Waals surface area (Å²) in [5, 5.41) is 3.47. The van der Waals surface area contributed by atoms with Gasteiger partial charge in [0.05, 0.1) is 0 Å². The van der Waals surface area contributed by atoms with Crippen LogP contribution >= 0.6 is 15.9 Å². The van der Waals surface area contributed by atoms with Gasteiger partial charge in [-0.05, 0) is 42.9 Å². The van der Waals surface area contributed by atoms with E-state index in [4.69, 9.17) is 0 Å². The van der Waals surface area contributed by atoms with Crippen LogP contribution in [-0.4, -0.2) is 31.1 Å². The Morgan fingerprint density at radius 3 is 2.58 bits per heavy atom. The van der Waals surface area contributed by atoms with Gasteiger partial charge >= 0.3 is 0 Å². The molecule has 0 aromatic heterocycles. The van der Waals surface area contributed by atoms with Crippen molar-refractivity contribution in [2.75, 3.05) is 26.2 Å². The Labute approximate surface area is 124 Å². The summed E-state index contributed by atoms with van der Waals surface area (Å²) in [5.74, 6) is 0.858. The molecule has 1 aromatic carbocycles. The van der Waals surface area contributed by atoms with Crippen LogP contribution in [0, 0.1) is 12.8 Å². The van der Waals surface area contributed by atoms with E-state index in [0.29, 0.717) is 6.04 Å². The molecule has 0 spiro atoms. The zero-order valence-corrected chi connectivity index (χ0v) is 13.2. The van der Waals surface area contributed by atoms with E-state index in [9.17, 15) is 0 Å². The first-order valence-electron chi connectivity index (χ1n) is 7.46. The Bertz CT molecular complexity index is 436. The van der Waals surface area contributed by atoms with Crippen molar-refractivity contribution in [2.45, 2.75) is 32.2 Å². The average Bonchev–Trinajstić information content (AvgIpc) is 2.35. The molecule has 2 aliphatic rings. The Kier molecular flexibility index (Phi) is 4.25. The monoisotopic (exact) mass is 322 g/mol. The molecule has 0 amide bonds. The highest BCUT2D eigenvalue weighted by atomic mass is 79.9. The van der Waals surface area contributed by atoms with Gasteiger partial charge in [0.1, 0.15) is 0 Å². The van der Waals surface area contributed by atoms with Gasteiger partial charge in [0.15, 0.2) is 0 Å². The lowest BCUT2D eigenvalue weighted by atomic mass is 9.76. The summed E-state index contributed by atoms with van der Waals surface area (Å²) in [6.45, 7) is 6.79. The maximum atomic E-state index is 3.79. The van der Waals surface area contributed by atoms with Crippen LogP contribution in [0.2, 0.25) is 0 Å². The number of rotatable bonds is 3. The van der Waals surface area contributed by atoms with Crippen LogP contribution in [0.15, 0.2) is 22.7 Å². The standard InChI is InChI=1S/C16H23BrN2/c1-12-5-6-14(15(17)11-12)16(13-3-2-4-13)19-9-7-18-8-10-19/h5-6,11,13,16,18H,2-4,7-10H2,1H3/t16-/m0/s1. The predicted octanol–water partition coefficient (Wildman–Crippen LogP) is 3.50. The second-order valence-electron chi connectivity index (χ2n) is 5.95. The largest absolute Gasteiger partial charge is 0.314 e. The Morgan fingerprint density at radius 2 is 2.00 bits per heavy atom. The van der Waals surface area contributed by atoms with Crippen LogP contribution in [-0.2, 0) is 0 Å². The Balaban J connectivity index is 1.88. The van der Waals surface area contributed by atoms with Crippen molar-refractivity contribution in [3.05, 3.63) is 33.8 Å². The Hall–Kier alpha value is -0.380. The summed E-state index contributed by atoms with van der Waals surface area (Å²) in [4.78, 5) is 2.69. The number of hydrogen-bond donors (Lipinski definition) is 1. The van der Waals surface area contributed by atoms with Gasteiger partial charge in [0, 0.05) is 36.7 Å². The third-order valence-corrected chi connectivity index (χ3v) is 5.30. The normalized spacial score (nSPS) is 23.1. The third-order valence-electron chi connectivity index (χ3n) is 4.62. The lowest BCUT2D eigenvalue weighted by molar-refractivity contribution is 0.0832. The molecule has 1 aliphatic carbocycles. The molecule has 0 bridgehead atoms. The molecule has 1 saturated carbocycles. The van der Waals surface area contributed by atoms with E-state index in [2.05, 4.69) is 51.3 Å². The molecule has 2 nitrogen and oxygen atoms in total. The fourth-order valence-electron chi connectivity index (χ4n) is 3.34. The van der Waals surface area contributed by atoms with Crippen LogP contribution < -0.4 is 5.32 Å². The van der Waals surface area contributed by atoms with E-state index in [1.807, 2.05) is 0 Å². The van der Waals surface area contributed by atoms with E-state index >= 15 is 0 Å². The maximum Gasteiger partial charge on any atom is 0.0388 e. The smallest absolute Gasteiger partial charge is 0.0388 e. The molecule has 3 heteroatoms. The van der Waals surface area contributed by atoms with Crippen molar-refractivity contribution in [2.24, 2.45) is 5.92 Å². The summed E-state index contributed by atoms with van der Waals surface area (Å²) >= 11 is 3.79. The highest BCUT2D eigenvalue weighted by molar-refractivity contribution is 9.10. The number of nitrogens with zero attached hydrogens (tertiary/aromatic N) is 1. The SMILES string of the molecule is Cc1ccc([C@H](C2CCC2)N2CCNCC2)c(Br)c1. The van der Waals surface area contributed by atoms with Crippen molar-refractivity contribution in [3.63, 3.8) is 0 Å². The summed E-state index contributed by atoms with van der Waals surface area (Å²) in [7, 11) is 0. The van der Waals surface area contributed by atoms with E-state index < -0.39 is 0 Å². The molecule has 19 heavy (non-hydrogen) atoms. The molecule has 104 valence electrons. The lowest BCUT2D eigenvalue weighted by Gasteiger charge is -2.43. The van der Waals surface area contributed by atoms with Gasteiger partial charge in [0.2, 0.25) is 0 Å². The Morgan fingerprint density at radius 1 is 1.26 bits per heavy atom. The molecule has 1 saturated heterocycles. The molecule has 0 radical (unpaired) electrons. The minimum Gasteiger partial charge on any atom is -0.314 e. The van der Waals surface area contributed by atoms with E-state index in [1.54, 1.807) is 0 Å². The first kappa shape index (κ1) is 13.6. The third kappa shape index (κ3) is 2.88. The van der Waals surface area contributed by atoms with Crippen molar-refractivity contribution < 1.29 is 0 Å². The molecule has 1 atom stereocenters. The molecule has 1 heterocycles. The lowest BCUT2D eigenvalue weighted by Crippen LogP contribution is -2.47. The van der Waals surface area contributed by atoms with E-state index in [0.717, 1.165) is 19.0 Å². The maximum absolute atomic E-state index is 3.79.